The van der Waals surface area contributed by atoms with Crippen molar-refractivity contribution in [1.29, 1.82) is 0 Å². The first-order valence-corrected chi connectivity index (χ1v) is 10.5. The van der Waals surface area contributed by atoms with Crippen molar-refractivity contribution in [2.75, 3.05) is 38.7 Å². The third kappa shape index (κ3) is 4.46. The summed E-state index contributed by atoms with van der Waals surface area (Å²) in [7, 11) is 4.13. The van der Waals surface area contributed by atoms with Crippen LogP contribution in [0.5, 0.6) is 0 Å². The van der Waals surface area contributed by atoms with E-state index in [1.165, 1.54) is 0 Å². The second-order valence-electron chi connectivity index (χ2n) is 7.89. The van der Waals surface area contributed by atoms with Gasteiger partial charge in [-0.3, -0.25) is 4.98 Å². The van der Waals surface area contributed by atoms with Gasteiger partial charge in [0.05, 0.1) is 5.69 Å². The van der Waals surface area contributed by atoms with Gasteiger partial charge in [0.25, 0.3) is 0 Å². The third-order valence-electron chi connectivity index (χ3n) is 5.72. The van der Waals surface area contributed by atoms with E-state index >= 15 is 0 Å². The molecule has 30 heavy (non-hydrogen) atoms. The molecule has 0 aliphatic carbocycles. The molecule has 1 aromatic carbocycles. The molecule has 3 heterocycles. The molecule has 1 aliphatic rings. The third-order valence-corrected chi connectivity index (χ3v) is 5.97. The Morgan fingerprint density at radius 3 is 2.60 bits per heavy atom. The summed E-state index contributed by atoms with van der Waals surface area (Å²) in [6.07, 6.45) is 4.45. The molecule has 1 fully saturated rings. The summed E-state index contributed by atoms with van der Waals surface area (Å²) in [5.74, 6) is 1.81. The number of hydrogen-bond acceptors (Lipinski definition) is 6. The minimum atomic E-state index is 0.206. The summed E-state index contributed by atoms with van der Waals surface area (Å²) in [5, 5.41) is 10.5. The van der Waals surface area contributed by atoms with E-state index in [2.05, 4.69) is 28.9 Å². The normalized spacial score (nSPS) is 19.3. The monoisotopic (exact) mass is 423 g/mol. The van der Waals surface area contributed by atoms with Crippen molar-refractivity contribution in [2.45, 2.75) is 12.5 Å². The van der Waals surface area contributed by atoms with E-state index in [-0.39, 0.29) is 18.6 Å². The largest absolute Gasteiger partial charge is 0.396 e. The molecule has 2 atom stereocenters. The number of rotatable bonds is 5. The lowest BCUT2D eigenvalue weighted by Crippen LogP contribution is -2.51. The topological polar surface area (TPSA) is 65.4 Å². The van der Waals surface area contributed by atoms with Crippen LogP contribution in [0.15, 0.2) is 54.9 Å². The van der Waals surface area contributed by atoms with Gasteiger partial charge in [0.2, 0.25) is 0 Å². The highest BCUT2D eigenvalue weighted by Crippen LogP contribution is 2.30. The first-order chi connectivity index (χ1) is 14.5. The average Bonchev–Trinajstić information content (AvgIpc) is 2.79. The van der Waals surface area contributed by atoms with E-state index in [1.54, 1.807) is 12.4 Å². The molecule has 0 saturated carbocycles. The second kappa shape index (κ2) is 9.08. The maximum atomic E-state index is 9.79. The predicted molar refractivity (Wildman–Crippen MR) is 121 cm³/mol. The first-order valence-electron chi connectivity index (χ1n) is 10.1. The Morgan fingerprint density at radius 1 is 1.13 bits per heavy atom. The molecule has 7 heteroatoms. The Bertz CT molecular complexity index is 981. The van der Waals surface area contributed by atoms with Gasteiger partial charge in [0.15, 0.2) is 5.82 Å². The highest BCUT2D eigenvalue weighted by atomic mass is 35.5. The minimum absolute atomic E-state index is 0.206. The van der Waals surface area contributed by atoms with E-state index < -0.39 is 0 Å². The Morgan fingerprint density at radius 2 is 1.93 bits per heavy atom. The van der Waals surface area contributed by atoms with E-state index in [0.717, 1.165) is 42.1 Å². The van der Waals surface area contributed by atoms with Crippen LogP contribution in [-0.2, 0) is 0 Å². The van der Waals surface area contributed by atoms with Crippen LogP contribution in [0.3, 0.4) is 0 Å². The zero-order chi connectivity index (χ0) is 21.1. The van der Waals surface area contributed by atoms with Crippen LogP contribution in [0.2, 0.25) is 5.02 Å². The summed E-state index contributed by atoms with van der Waals surface area (Å²) in [5.41, 5.74) is 2.72. The van der Waals surface area contributed by atoms with Gasteiger partial charge in [0.1, 0.15) is 5.82 Å². The van der Waals surface area contributed by atoms with Crippen molar-refractivity contribution in [3.8, 4) is 22.6 Å². The molecular weight excluding hydrogens is 398 g/mol. The van der Waals surface area contributed by atoms with Crippen LogP contribution in [0.25, 0.3) is 22.6 Å². The van der Waals surface area contributed by atoms with Gasteiger partial charge in [-0.15, -0.1) is 0 Å². The number of aliphatic hydroxyl groups is 1. The first kappa shape index (κ1) is 20.7. The molecule has 1 saturated heterocycles. The van der Waals surface area contributed by atoms with Crippen molar-refractivity contribution >= 4 is 17.4 Å². The molecule has 0 bridgehead atoms. The molecular formula is C23H26ClN5O. The van der Waals surface area contributed by atoms with Gasteiger partial charge in [-0.05, 0) is 44.8 Å². The molecule has 1 N–H and O–H groups in total. The molecule has 3 aromatic rings. The molecule has 1 aliphatic heterocycles. The van der Waals surface area contributed by atoms with Gasteiger partial charge in [0, 0.05) is 66.3 Å². The van der Waals surface area contributed by atoms with Crippen LogP contribution in [0.4, 0.5) is 5.82 Å². The Hall–Kier alpha value is -2.54. The molecule has 0 radical (unpaired) electrons. The SMILES string of the molecule is CN(C)C1CN(c2cc(-c3ccc(Cl)cc3)nc(-c3cccnc3)n2)CCC1CO. The fourth-order valence-electron chi connectivity index (χ4n) is 3.98. The number of nitrogens with zero attached hydrogens (tertiary/aromatic N) is 5. The summed E-state index contributed by atoms with van der Waals surface area (Å²) in [6.45, 7) is 1.86. The van der Waals surface area contributed by atoms with Crippen molar-refractivity contribution in [1.82, 2.24) is 19.9 Å². The molecule has 6 nitrogen and oxygen atoms in total. The number of benzene rings is 1. The van der Waals surface area contributed by atoms with Gasteiger partial charge in [-0.2, -0.15) is 0 Å². The number of halogens is 1. The van der Waals surface area contributed by atoms with E-state index in [4.69, 9.17) is 21.6 Å². The van der Waals surface area contributed by atoms with Gasteiger partial charge in [-0.1, -0.05) is 23.7 Å². The Labute approximate surface area is 182 Å². The van der Waals surface area contributed by atoms with Crippen molar-refractivity contribution < 1.29 is 5.11 Å². The summed E-state index contributed by atoms with van der Waals surface area (Å²) in [6, 6.07) is 13.9. The summed E-state index contributed by atoms with van der Waals surface area (Å²) >= 11 is 6.08. The maximum Gasteiger partial charge on any atom is 0.163 e. The highest BCUT2D eigenvalue weighted by Gasteiger charge is 2.31. The number of hydrogen-bond donors (Lipinski definition) is 1. The van der Waals surface area contributed by atoms with Gasteiger partial charge >= 0.3 is 0 Å². The number of pyridine rings is 1. The summed E-state index contributed by atoms with van der Waals surface area (Å²) in [4.78, 5) is 18.4. The lowest BCUT2D eigenvalue weighted by molar-refractivity contribution is 0.116. The molecule has 0 amide bonds. The number of likely N-dealkylation sites (N-methyl/N-ethyl adjacent to an activating group) is 1. The van der Waals surface area contributed by atoms with E-state index in [0.29, 0.717) is 10.8 Å². The molecule has 4 rings (SSSR count). The quantitative estimate of drug-likeness (QED) is 0.676. The van der Waals surface area contributed by atoms with Crippen LogP contribution in [0.1, 0.15) is 6.42 Å². The molecule has 2 aromatic heterocycles. The zero-order valence-electron chi connectivity index (χ0n) is 17.2. The zero-order valence-corrected chi connectivity index (χ0v) is 18.0. The lowest BCUT2D eigenvalue weighted by Gasteiger charge is -2.41. The van der Waals surface area contributed by atoms with E-state index in [9.17, 15) is 5.11 Å². The number of anilines is 1. The van der Waals surface area contributed by atoms with Crippen molar-refractivity contribution in [2.24, 2.45) is 5.92 Å². The van der Waals surface area contributed by atoms with Crippen LogP contribution in [0, 0.1) is 5.92 Å². The summed E-state index contributed by atoms with van der Waals surface area (Å²) < 4.78 is 0. The Kier molecular flexibility index (Phi) is 6.27. The molecule has 2 unspecified atom stereocenters. The van der Waals surface area contributed by atoms with Gasteiger partial charge in [-0.25, -0.2) is 9.97 Å². The molecule has 0 spiro atoms. The molecule has 156 valence electrons. The number of piperidine rings is 1. The average molecular weight is 424 g/mol. The number of aliphatic hydroxyl groups excluding tert-OH is 1. The van der Waals surface area contributed by atoms with Crippen molar-refractivity contribution in [3.63, 3.8) is 0 Å². The van der Waals surface area contributed by atoms with Crippen LogP contribution in [-0.4, -0.2) is 64.8 Å². The van der Waals surface area contributed by atoms with Crippen molar-refractivity contribution in [3.05, 3.63) is 59.9 Å². The number of aromatic nitrogens is 3. The lowest BCUT2D eigenvalue weighted by atomic mass is 9.91. The highest BCUT2D eigenvalue weighted by molar-refractivity contribution is 6.30. The smallest absolute Gasteiger partial charge is 0.163 e. The standard InChI is InChI=1S/C23H26ClN5O/c1-28(2)21-14-29(11-9-18(21)15-30)22-12-20(16-5-7-19(24)8-6-16)26-23(27-22)17-4-3-10-25-13-17/h3-8,10,12-13,18,21,30H,9,11,14-15H2,1-2H3. The fraction of sp³-hybridized carbons (Fsp3) is 0.348. The van der Waals surface area contributed by atoms with Crippen LogP contribution < -0.4 is 4.90 Å². The maximum absolute atomic E-state index is 9.79. The van der Waals surface area contributed by atoms with E-state index in [1.807, 2.05) is 42.5 Å². The predicted octanol–water partition coefficient (Wildman–Crippen LogP) is 3.61. The second-order valence-corrected chi connectivity index (χ2v) is 8.33. The van der Waals surface area contributed by atoms with Gasteiger partial charge < -0.3 is 14.9 Å². The minimum Gasteiger partial charge on any atom is -0.396 e. The Balaban J connectivity index is 1.75. The fourth-order valence-corrected chi connectivity index (χ4v) is 4.10. The van der Waals surface area contributed by atoms with Crippen LogP contribution >= 0.6 is 11.6 Å².